The van der Waals surface area contributed by atoms with E-state index in [-0.39, 0.29) is 81.9 Å². The van der Waals surface area contributed by atoms with E-state index >= 15 is 0 Å². The number of nitrogens with one attached hydrogen (secondary N) is 6. The number of para-hydroxylation sites is 2. The van der Waals surface area contributed by atoms with Crippen molar-refractivity contribution in [3.63, 3.8) is 0 Å². The fourth-order valence-corrected chi connectivity index (χ4v) is 11.5. The lowest BCUT2D eigenvalue weighted by molar-refractivity contribution is 0.0916. The van der Waals surface area contributed by atoms with Crippen molar-refractivity contribution >= 4 is 81.3 Å². The molecule has 0 saturated carbocycles. The fraction of sp³-hybridized carbons (Fsp3) is 0.162. The number of hydrogen-bond acceptors (Lipinski definition) is 12. The first kappa shape index (κ1) is 63.2. The number of carbonyl (C=O) groups is 7. The van der Waals surface area contributed by atoms with E-state index in [9.17, 15) is 56.2 Å². The van der Waals surface area contributed by atoms with Gasteiger partial charge in [0.2, 0.25) is 0 Å². The lowest BCUT2D eigenvalue weighted by Gasteiger charge is -2.17. The Bertz CT molecular complexity index is 4750. The van der Waals surface area contributed by atoms with E-state index in [0.717, 1.165) is 57.6 Å². The summed E-state index contributed by atoms with van der Waals surface area (Å²) in [4.78, 5) is 102. The number of carbonyl (C=O) groups excluding carboxylic acids is 7. The molecule has 6 amide bonds. The van der Waals surface area contributed by atoms with Crippen LogP contribution in [0.5, 0.6) is 0 Å². The van der Waals surface area contributed by atoms with Crippen LogP contribution < -0.4 is 31.9 Å². The topological polar surface area (TPSA) is 272 Å². The molecular weight excluding hydrogens is 1220 g/mol. The Labute approximate surface area is 532 Å². The molecule has 0 fully saturated rings. The highest BCUT2D eigenvalue weighted by Gasteiger charge is 2.32. The van der Waals surface area contributed by atoms with Crippen LogP contribution in [0.2, 0.25) is 5.02 Å². The number of hydrogen-bond donors (Lipinski definition) is 7. The number of anilines is 2. The van der Waals surface area contributed by atoms with Gasteiger partial charge in [-0.2, -0.15) is 10.2 Å². The zero-order chi connectivity index (χ0) is 65.9. The zero-order valence-corrected chi connectivity index (χ0v) is 50.5. The maximum atomic E-state index is 13.8. The van der Waals surface area contributed by atoms with Gasteiger partial charge in [0.25, 0.3) is 35.4 Å². The highest BCUT2D eigenvalue weighted by Crippen LogP contribution is 2.37. The first-order valence-corrected chi connectivity index (χ1v) is 29.4. The predicted molar refractivity (Wildman–Crippen MR) is 336 cm³/mol. The Morgan fingerprint density at radius 2 is 1.01 bits per heavy atom. The monoisotopic (exact) mass is 1280 g/mol. The first-order chi connectivity index (χ1) is 44.6. The molecule has 1 unspecified atom stereocenters. The molecule has 4 heterocycles. The van der Waals surface area contributed by atoms with Crippen LogP contribution in [-0.4, -0.2) is 75.5 Å². The van der Waals surface area contributed by atoms with Crippen LogP contribution in [0.25, 0.3) is 17.1 Å². The molecule has 20 nitrogen and oxygen atoms in total. The number of aliphatic hydroxyl groups is 1. The quantitative estimate of drug-likeness (QED) is 0.0270. The van der Waals surface area contributed by atoms with Crippen molar-refractivity contribution in [1.29, 1.82) is 0 Å². The average molecular weight is 1280 g/mol. The molecule has 93 heavy (non-hydrogen) atoms. The van der Waals surface area contributed by atoms with Crippen molar-refractivity contribution in [2.75, 3.05) is 10.6 Å². The van der Waals surface area contributed by atoms with Gasteiger partial charge in [0.15, 0.2) is 40.3 Å². The SMILES string of the molecule is C=C(O)c1ccc2c(c1C)CCC2NC(=O)c1cc(C(=O)NCc2ccc(F)c(F)c2)nc2c(C(=O)Nc3ccccc3Cl)cnn12.CC(=O)c1ccc2c(c1C)CC[C@@H]2NC(=O)c1cc(C(=O)NCc2ccc(F)c(F)c2)nc2c(C(=O)Nc3ccccc3)cnn12. The lowest BCUT2D eigenvalue weighted by atomic mass is 9.96. The molecule has 6 aromatic carbocycles. The average Bonchev–Trinajstić information content (AvgIpc) is 1.68. The van der Waals surface area contributed by atoms with E-state index in [1.807, 2.05) is 26.0 Å². The number of halogens is 5. The number of benzene rings is 6. The molecule has 2 aliphatic rings. The van der Waals surface area contributed by atoms with Crippen molar-refractivity contribution < 1.29 is 56.2 Å². The van der Waals surface area contributed by atoms with Crippen molar-refractivity contribution in [3.05, 3.63) is 264 Å². The van der Waals surface area contributed by atoms with Crippen LogP contribution in [0.4, 0.5) is 28.9 Å². The number of aliphatic hydroxyl groups excluding tert-OH is 1. The Hall–Kier alpha value is -11.4. The molecule has 0 bridgehead atoms. The summed E-state index contributed by atoms with van der Waals surface area (Å²) in [5, 5.41) is 35.4. The molecule has 7 N–H and O–H groups in total. The molecule has 470 valence electrons. The van der Waals surface area contributed by atoms with Gasteiger partial charge in [-0.3, -0.25) is 33.6 Å². The highest BCUT2D eigenvalue weighted by atomic mass is 35.5. The highest BCUT2D eigenvalue weighted by molar-refractivity contribution is 6.34. The molecule has 0 spiro atoms. The smallest absolute Gasteiger partial charge is 0.270 e. The van der Waals surface area contributed by atoms with E-state index in [1.165, 1.54) is 52.6 Å². The third-order valence-corrected chi connectivity index (χ3v) is 16.4. The Morgan fingerprint density at radius 1 is 0.548 bits per heavy atom. The molecule has 12 rings (SSSR count). The summed E-state index contributed by atoms with van der Waals surface area (Å²) in [6.07, 6.45) is 5.00. The minimum absolute atomic E-state index is 0.0201. The number of fused-ring (bicyclic) bond motifs is 4. The van der Waals surface area contributed by atoms with Gasteiger partial charge in [0, 0.05) is 42.0 Å². The van der Waals surface area contributed by atoms with Gasteiger partial charge in [0.05, 0.1) is 35.2 Å². The van der Waals surface area contributed by atoms with Crippen LogP contribution in [-0.2, 0) is 25.9 Å². The van der Waals surface area contributed by atoms with Gasteiger partial charge in [-0.05, 0) is 139 Å². The second-order valence-corrected chi connectivity index (χ2v) is 22.4. The summed E-state index contributed by atoms with van der Waals surface area (Å²) >= 11 is 6.22. The van der Waals surface area contributed by atoms with Crippen LogP contribution in [0.3, 0.4) is 0 Å². The number of nitrogens with zero attached hydrogens (tertiary/aromatic N) is 6. The van der Waals surface area contributed by atoms with E-state index < -0.39 is 58.7 Å². The van der Waals surface area contributed by atoms with E-state index in [0.29, 0.717) is 64.3 Å². The third-order valence-electron chi connectivity index (χ3n) is 16.1. The van der Waals surface area contributed by atoms with Gasteiger partial charge in [-0.15, -0.1) is 0 Å². The standard InChI is InChI=1S/C34H27ClF2N6O4.C34H28F2N6O4/c1-17-20(18(2)44)8-9-22-21(17)10-12-27(22)41-34(47)30-14-29(33(46)38-15-19-7-11-25(36)26(37)13-19)40-31-23(16-39-43(30)31)32(45)42-28-6-4-3-5-24(28)35;1-18-22(19(2)43)9-10-24-23(18)11-13-28(24)41-34(46)30-15-29(33(45)37-16-20-8-12-26(35)27(36)14-20)40-31-25(17-38-42(30)31)32(44)39-21-6-4-3-5-7-21/h3-9,11,13-14,16,27,44H,2,10,12,15H2,1H3,(H,38,46)(H,41,47)(H,42,45);3-10,12,14-15,17,28H,11,13,16H2,1-2H3,(H,37,45)(H,39,44)(H,41,46)/t;28-/m.0/s1. The van der Waals surface area contributed by atoms with Gasteiger partial charge in [0.1, 0.15) is 39.7 Å². The second kappa shape index (κ2) is 26.6. The second-order valence-electron chi connectivity index (χ2n) is 22.0. The molecule has 0 radical (unpaired) electrons. The minimum Gasteiger partial charge on any atom is -0.508 e. The van der Waals surface area contributed by atoms with Crippen molar-refractivity contribution in [1.82, 2.24) is 50.5 Å². The predicted octanol–water partition coefficient (Wildman–Crippen LogP) is 11.2. The lowest BCUT2D eigenvalue weighted by Crippen LogP contribution is -2.31. The molecular formula is C68H55ClF4N12O8. The molecule has 2 atom stereocenters. The van der Waals surface area contributed by atoms with E-state index in [2.05, 4.69) is 58.6 Å². The summed E-state index contributed by atoms with van der Waals surface area (Å²) in [5.74, 6) is -8.01. The van der Waals surface area contributed by atoms with E-state index in [4.69, 9.17) is 11.6 Å². The van der Waals surface area contributed by atoms with Gasteiger partial charge >= 0.3 is 0 Å². The van der Waals surface area contributed by atoms with E-state index in [1.54, 1.807) is 66.7 Å². The zero-order valence-electron chi connectivity index (χ0n) is 49.8. The van der Waals surface area contributed by atoms with Crippen LogP contribution in [0.15, 0.2) is 146 Å². The number of aromatic nitrogens is 6. The number of ketones is 1. The molecule has 10 aromatic rings. The summed E-state index contributed by atoms with van der Waals surface area (Å²) < 4.78 is 56.6. The summed E-state index contributed by atoms with van der Waals surface area (Å²) in [5.41, 5.74) is 7.62. The fourth-order valence-electron chi connectivity index (χ4n) is 11.3. The van der Waals surface area contributed by atoms with Crippen LogP contribution in [0, 0.1) is 37.1 Å². The van der Waals surface area contributed by atoms with Crippen molar-refractivity contribution in [3.8, 4) is 0 Å². The number of amides is 6. The summed E-state index contributed by atoms with van der Waals surface area (Å²) in [6, 6.07) is 30.7. The van der Waals surface area contributed by atoms with Gasteiger partial charge in [-0.25, -0.2) is 36.6 Å². The molecule has 0 saturated heterocycles. The largest absolute Gasteiger partial charge is 0.508 e. The number of Topliss-reactive ketones (excluding diaryl/α,β-unsaturated/α-hetero) is 1. The van der Waals surface area contributed by atoms with Gasteiger partial charge < -0.3 is 37.0 Å². The van der Waals surface area contributed by atoms with Crippen LogP contribution in [0.1, 0.15) is 155 Å². The third kappa shape index (κ3) is 13.3. The molecule has 0 aliphatic heterocycles. The normalized spacial score (nSPS) is 13.7. The molecule has 4 aromatic heterocycles. The maximum Gasteiger partial charge on any atom is 0.270 e. The Morgan fingerprint density at radius 3 is 1.48 bits per heavy atom. The van der Waals surface area contributed by atoms with Crippen molar-refractivity contribution in [2.24, 2.45) is 0 Å². The summed E-state index contributed by atoms with van der Waals surface area (Å²) in [6.45, 7) is 8.60. The minimum atomic E-state index is -1.06. The Kier molecular flexibility index (Phi) is 18.1. The Balaban J connectivity index is 0.000000190. The van der Waals surface area contributed by atoms with Gasteiger partial charge in [-0.1, -0.05) is 84.9 Å². The maximum absolute atomic E-state index is 13.8. The summed E-state index contributed by atoms with van der Waals surface area (Å²) in [7, 11) is 0. The van der Waals surface area contributed by atoms with Crippen LogP contribution >= 0.6 is 11.6 Å². The van der Waals surface area contributed by atoms with Crippen molar-refractivity contribution in [2.45, 2.75) is 71.6 Å². The first-order valence-electron chi connectivity index (χ1n) is 29.0. The number of rotatable bonds is 16. The molecule has 2 aliphatic carbocycles. The molecule has 25 heteroatoms.